The van der Waals surface area contributed by atoms with Crippen molar-refractivity contribution in [3.8, 4) is 0 Å². The number of amides is 2. The highest BCUT2D eigenvalue weighted by atomic mass is 32.1. The minimum atomic E-state index is -1.10. The van der Waals surface area contributed by atoms with Gasteiger partial charge in [0.1, 0.15) is 5.54 Å². The van der Waals surface area contributed by atoms with E-state index in [0.29, 0.717) is 16.0 Å². The summed E-state index contributed by atoms with van der Waals surface area (Å²) < 4.78 is 0. The van der Waals surface area contributed by atoms with Crippen LogP contribution in [0.25, 0.3) is 0 Å². The highest BCUT2D eigenvalue weighted by Crippen LogP contribution is 2.21. The summed E-state index contributed by atoms with van der Waals surface area (Å²) in [4.78, 5) is 39.1. The maximum Gasteiger partial charge on any atom is 0.262 e. The molecule has 0 fully saturated rings. The Hall–Kier alpha value is -2.51. The third kappa shape index (κ3) is 4.66. The van der Waals surface area contributed by atoms with E-state index in [1.54, 1.807) is 26.0 Å². The summed E-state index contributed by atoms with van der Waals surface area (Å²) in [6, 6.07) is 9.19. The molecule has 0 spiro atoms. The van der Waals surface area contributed by atoms with Crippen molar-refractivity contribution in [3.05, 3.63) is 51.2 Å². The van der Waals surface area contributed by atoms with E-state index in [9.17, 15) is 14.4 Å². The van der Waals surface area contributed by atoms with Gasteiger partial charge in [-0.3, -0.25) is 14.4 Å². The molecule has 1 aromatic heterocycles. The standard InChI is InChI=1S/C21H25N3O3S/c1-21(2,23-19(26)18-7-6-17(13-25)28-18)20(27)22-16-5-4-14-8-10-24(3)11-9-15(14)12-16/h4-7,12-13H,8-11H2,1-3H3,(H,22,27)(H,23,26). The van der Waals surface area contributed by atoms with E-state index in [1.165, 1.54) is 11.1 Å². The molecule has 0 radical (unpaired) electrons. The Balaban J connectivity index is 1.67. The number of aldehydes is 1. The number of hydrogen-bond acceptors (Lipinski definition) is 5. The van der Waals surface area contributed by atoms with Crippen LogP contribution < -0.4 is 10.6 Å². The highest BCUT2D eigenvalue weighted by Gasteiger charge is 2.30. The first-order chi connectivity index (χ1) is 13.3. The van der Waals surface area contributed by atoms with E-state index in [1.807, 2.05) is 12.1 Å². The van der Waals surface area contributed by atoms with Crippen molar-refractivity contribution in [1.82, 2.24) is 10.2 Å². The van der Waals surface area contributed by atoms with Gasteiger partial charge in [-0.25, -0.2) is 0 Å². The van der Waals surface area contributed by atoms with Gasteiger partial charge >= 0.3 is 0 Å². The summed E-state index contributed by atoms with van der Waals surface area (Å²) in [5.74, 6) is -0.665. The molecular formula is C21H25N3O3S. The molecular weight excluding hydrogens is 374 g/mol. The fraction of sp³-hybridized carbons (Fsp3) is 0.381. The number of rotatable bonds is 5. The van der Waals surface area contributed by atoms with E-state index in [4.69, 9.17) is 0 Å². The summed E-state index contributed by atoms with van der Waals surface area (Å²) in [6.45, 7) is 5.35. The van der Waals surface area contributed by atoms with Gasteiger partial charge < -0.3 is 15.5 Å². The Kier molecular flexibility index (Phi) is 5.96. The fourth-order valence-electron chi connectivity index (χ4n) is 3.14. The quantitative estimate of drug-likeness (QED) is 0.758. The lowest BCUT2D eigenvalue weighted by Crippen LogP contribution is -2.52. The molecule has 1 aliphatic heterocycles. The van der Waals surface area contributed by atoms with Gasteiger partial charge in [0.2, 0.25) is 5.91 Å². The predicted octanol–water partition coefficient (Wildman–Crippen LogP) is 2.74. The lowest BCUT2D eigenvalue weighted by atomic mass is 10.0. The molecule has 0 saturated heterocycles. The van der Waals surface area contributed by atoms with Gasteiger partial charge in [0, 0.05) is 18.8 Å². The second-order valence-corrected chi connectivity index (χ2v) is 8.76. The van der Waals surface area contributed by atoms with Gasteiger partial charge in [-0.15, -0.1) is 11.3 Å². The Bertz CT molecular complexity index is 904. The first-order valence-corrected chi connectivity index (χ1v) is 10.1. The Morgan fingerprint density at radius 2 is 1.82 bits per heavy atom. The Labute approximate surface area is 168 Å². The Morgan fingerprint density at radius 3 is 2.50 bits per heavy atom. The Morgan fingerprint density at radius 1 is 1.11 bits per heavy atom. The second kappa shape index (κ2) is 8.24. The first-order valence-electron chi connectivity index (χ1n) is 9.28. The first kappa shape index (κ1) is 20.2. The van der Waals surface area contributed by atoms with Crippen LogP contribution in [-0.4, -0.2) is 48.7 Å². The number of nitrogens with zero attached hydrogens (tertiary/aromatic N) is 1. The molecule has 2 aromatic rings. The minimum Gasteiger partial charge on any atom is -0.337 e. The van der Waals surface area contributed by atoms with Crippen LogP contribution in [0.4, 0.5) is 5.69 Å². The molecule has 0 aliphatic carbocycles. The van der Waals surface area contributed by atoms with Gasteiger partial charge in [-0.1, -0.05) is 6.07 Å². The van der Waals surface area contributed by atoms with E-state index in [0.717, 1.165) is 43.0 Å². The lowest BCUT2D eigenvalue weighted by molar-refractivity contribution is -0.120. The molecule has 1 aliphatic rings. The number of carbonyl (C=O) groups excluding carboxylic acids is 3. The summed E-state index contributed by atoms with van der Waals surface area (Å²) in [7, 11) is 2.12. The zero-order chi connectivity index (χ0) is 20.3. The molecule has 2 heterocycles. The van der Waals surface area contributed by atoms with Crippen molar-refractivity contribution < 1.29 is 14.4 Å². The summed E-state index contributed by atoms with van der Waals surface area (Å²) >= 11 is 1.10. The number of hydrogen-bond donors (Lipinski definition) is 2. The van der Waals surface area contributed by atoms with Crippen LogP contribution in [0, 0.1) is 0 Å². The third-order valence-electron chi connectivity index (χ3n) is 4.95. The van der Waals surface area contributed by atoms with E-state index >= 15 is 0 Å². The third-order valence-corrected chi connectivity index (χ3v) is 5.96. The normalized spacial score (nSPS) is 14.7. The average Bonchev–Trinajstić information content (AvgIpc) is 3.07. The number of anilines is 1. The van der Waals surface area contributed by atoms with Gasteiger partial charge in [-0.05, 0) is 69.1 Å². The molecule has 7 heteroatoms. The van der Waals surface area contributed by atoms with Crippen LogP contribution in [0.15, 0.2) is 30.3 Å². The van der Waals surface area contributed by atoms with E-state index in [-0.39, 0.29) is 11.8 Å². The SMILES string of the molecule is CN1CCc2ccc(NC(=O)C(C)(C)NC(=O)c3ccc(C=O)s3)cc2CC1. The van der Waals surface area contributed by atoms with Crippen LogP contribution in [0.1, 0.15) is 44.3 Å². The molecule has 148 valence electrons. The van der Waals surface area contributed by atoms with Crippen molar-refractivity contribution in [2.24, 2.45) is 0 Å². The molecule has 28 heavy (non-hydrogen) atoms. The van der Waals surface area contributed by atoms with E-state index < -0.39 is 5.54 Å². The molecule has 0 unspecified atom stereocenters. The molecule has 0 bridgehead atoms. The van der Waals surface area contributed by atoms with Gasteiger partial charge in [0.15, 0.2) is 6.29 Å². The largest absolute Gasteiger partial charge is 0.337 e. The number of thiophene rings is 1. The molecule has 1 aromatic carbocycles. The monoisotopic (exact) mass is 399 g/mol. The van der Waals surface area contributed by atoms with Crippen molar-refractivity contribution in [3.63, 3.8) is 0 Å². The van der Waals surface area contributed by atoms with Gasteiger partial charge in [0.05, 0.1) is 9.75 Å². The smallest absolute Gasteiger partial charge is 0.262 e. The summed E-state index contributed by atoms with van der Waals surface area (Å²) in [6.07, 6.45) is 2.66. The highest BCUT2D eigenvalue weighted by molar-refractivity contribution is 7.15. The predicted molar refractivity (Wildman–Crippen MR) is 111 cm³/mol. The van der Waals surface area contributed by atoms with Crippen molar-refractivity contribution in [2.45, 2.75) is 32.2 Å². The lowest BCUT2D eigenvalue weighted by Gasteiger charge is -2.25. The van der Waals surface area contributed by atoms with E-state index in [2.05, 4.69) is 28.6 Å². The van der Waals surface area contributed by atoms with Crippen LogP contribution in [0.5, 0.6) is 0 Å². The average molecular weight is 400 g/mol. The van der Waals surface area contributed by atoms with Crippen molar-refractivity contribution in [2.75, 3.05) is 25.5 Å². The van der Waals surface area contributed by atoms with Crippen molar-refractivity contribution in [1.29, 1.82) is 0 Å². The van der Waals surface area contributed by atoms with Crippen LogP contribution in [0.2, 0.25) is 0 Å². The minimum absolute atomic E-state index is 0.293. The molecule has 6 nitrogen and oxygen atoms in total. The zero-order valence-electron chi connectivity index (χ0n) is 16.4. The molecule has 2 amide bonds. The van der Waals surface area contributed by atoms with Crippen LogP contribution in [-0.2, 0) is 17.6 Å². The zero-order valence-corrected chi connectivity index (χ0v) is 17.2. The summed E-state index contributed by atoms with van der Waals surface area (Å²) in [5.41, 5.74) is 2.20. The molecule has 0 atom stereocenters. The van der Waals surface area contributed by atoms with Gasteiger partial charge in [0.25, 0.3) is 5.91 Å². The van der Waals surface area contributed by atoms with Crippen LogP contribution in [0.3, 0.4) is 0 Å². The number of fused-ring (bicyclic) bond motifs is 1. The number of nitrogens with one attached hydrogen (secondary N) is 2. The molecule has 0 saturated carbocycles. The topological polar surface area (TPSA) is 78.5 Å². The fourth-order valence-corrected chi connectivity index (χ4v) is 3.86. The maximum atomic E-state index is 12.8. The number of likely N-dealkylation sites (N-methyl/N-ethyl adjacent to an activating group) is 1. The van der Waals surface area contributed by atoms with Crippen molar-refractivity contribution >= 4 is 35.1 Å². The maximum absolute atomic E-state index is 12.8. The number of carbonyl (C=O) groups is 3. The molecule has 3 rings (SSSR count). The van der Waals surface area contributed by atoms with Gasteiger partial charge in [-0.2, -0.15) is 0 Å². The molecule has 2 N–H and O–H groups in total. The number of benzene rings is 1. The van der Waals surface area contributed by atoms with Crippen LogP contribution >= 0.6 is 11.3 Å². The summed E-state index contributed by atoms with van der Waals surface area (Å²) in [5, 5.41) is 5.66. The second-order valence-electron chi connectivity index (χ2n) is 7.64.